The Morgan fingerprint density at radius 3 is 2.39 bits per heavy atom. The molecule has 2 heterocycles. The first-order chi connectivity index (χ1) is 14.8. The van der Waals surface area contributed by atoms with Crippen molar-refractivity contribution in [2.45, 2.75) is 31.2 Å². The zero-order valence-electron chi connectivity index (χ0n) is 18.2. The van der Waals surface area contributed by atoms with E-state index >= 15 is 0 Å². The number of sulfonamides is 1. The molecular formula is C23H30N4O3S. The number of likely N-dealkylation sites (N-methyl/N-ethyl adjacent to an activating group) is 1. The normalized spacial score (nSPS) is 17.5. The van der Waals surface area contributed by atoms with Crippen LogP contribution in [-0.4, -0.2) is 59.0 Å². The Bertz CT molecular complexity index is 1040. The molecule has 0 aromatic heterocycles. The fourth-order valence-corrected chi connectivity index (χ4v) is 5.29. The number of hydrogen-bond donors (Lipinski definition) is 1. The first-order valence-corrected chi connectivity index (χ1v) is 12.2. The van der Waals surface area contributed by atoms with Gasteiger partial charge in [0.25, 0.3) is 0 Å². The third kappa shape index (κ3) is 4.92. The summed E-state index contributed by atoms with van der Waals surface area (Å²) in [5.41, 5.74) is 3.81. The van der Waals surface area contributed by atoms with Crippen LogP contribution in [0.5, 0.6) is 0 Å². The van der Waals surface area contributed by atoms with Gasteiger partial charge in [0.1, 0.15) is 0 Å². The Hall–Kier alpha value is -2.42. The van der Waals surface area contributed by atoms with Crippen LogP contribution in [0.15, 0.2) is 47.4 Å². The second kappa shape index (κ2) is 8.98. The molecule has 2 aromatic rings. The Balaban J connectivity index is 1.42. The summed E-state index contributed by atoms with van der Waals surface area (Å²) in [4.78, 5) is 18.5. The average Bonchev–Trinajstić information content (AvgIpc) is 2.78. The molecule has 0 unspecified atom stereocenters. The topological polar surface area (TPSA) is 73.0 Å². The second-order valence-corrected chi connectivity index (χ2v) is 10.1. The number of benzene rings is 2. The van der Waals surface area contributed by atoms with Gasteiger partial charge in [-0.1, -0.05) is 12.1 Å². The molecular weight excluding hydrogens is 412 g/mol. The zero-order valence-corrected chi connectivity index (χ0v) is 19.0. The van der Waals surface area contributed by atoms with Crippen LogP contribution >= 0.6 is 0 Å². The van der Waals surface area contributed by atoms with Gasteiger partial charge in [-0.15, -0.1) is 0 Å². The zero-order chi connectivity index (χ0) is 22.0. The summed E-state index contributed by atoms with van der Waals surface area (Å²) >= 11 is 0. The van der Waals surface area contributed by atoms with Crippen LogP contribution in [0.2, 0.25) is 0 Å². The largest absolute Gasteiger partial charge is 0.369 e. The van der Waals surface area contributed by atoms with Crippen molar-refractivity contribution in [3.63, 3.8) is 0 Å². The predicted octanol–water partition coefficient (Wildman–Crippen LogP) is 2.22. The van der Waals surface area contributed by atoms with Crippen molar-refractivity contribution >= 4 is 27.3 Å². The third-order valence-corrected chi connectivity index (χ3v) is 7.53. The van der Waals surface area contributed by atoms with Gasteiger partial charge in [0.05, 0.1) is 4.90 Å². The van der Waals surface area contributed by atoms with Crippen LogP contribution < -0.4 is 14.5 Å². The lowest BCUT2D eigenvalue weighted by atomic mass is 10.0. The minimum absolute atomic E-state index is 0.0188. The summed E-state index contributed by atoms with van der Waals surface area (Å²) < 4.78 is 28.4. The quantitative estimate of drug-likeness (QED) is 0.769. The van der Waals surface area contributed by atoms with Crippen LogP contribution in [0.3, 0.4) is 0 Å². The summed E-state index contributed by atoms with van der Waals surface area (Å²) in [5.74, 6) is -0.0188. The third-order valence-electron chi connectivity index (χ3n) is 6.13. The summed E-state index contributed by atoms with van der Waals surface area (Å²) in [6, 6.07) is 13.1. The number of hydrogen-bond acceptors (Lipinski definition) is 5. The van der Waals surface area contributed by atoms with E-state index in [-0.39, 0.29) is 17.3 Å². The molecule has 1 amide bonds. The summed E-state index contributed by atoms with van der Waals surface area (Å²) in [5, 5.41) is 0. The molecule has 7 nitrogen and oxygen atoms in total. The molecule has 4 rings (SSSR count). The average molecular weight is 443 g/mol. The molecule has 0 saturated carbocycles. The van der Waals surface area contributed by atoms with Crippen LogP contribution in [-0.2, 0) is 27.8 Å². The number of fused-ring (bicyclic) bond motifs is 1. The number of nitrogens with zero attached hydrogens (tertiary/aromatic N) is 3. The lowest BCUT2D eigenvalue weighted by Gasteiger charge is -2.34. The number of anilines is 2. The highest BCUT2D eigenvalue weighted by atomic mass is 32.2. The van der Waals surface area contributed by atoms with E-state index < -0.39 is 10.0 Å². The molecule has 0 aliphatic carbocycles. The highest BCUT2D eigenvalue weighted by molar-refractivity contribution is 7.89. The van der Waals surface area contributed by atoms with Gasteiger partial charge >= 0.3 is 0 Å². The van der Waals surface area contributed by atoms with Crippen molar-refractivity contribution in [1.82, 2.24) is 9.62 Å². The number of aryl methyl sites for hydroxylation is 1. The number of nitrogens with one attached hydrogen (secondary N) is 1. The van der Waals surface area contributed by atoms with E-state index in [0.29, 0.717) is 6.54 Å². The van der Waals surface area contributed by atoms with Crippen LogP contribution in [0.1, 0.15) is 24.5 Å². The maximum absolute atomic E-state index is 12.8. The molecule has 1 saturated heterocycles. The molecule has 2 aliphatic rings. The van der Waals surface area contributed by atoms with E-state index in [1.54, 1.807) is 23.1 Å². The minimum Gasteiger partial charge on any atom is -0.369 e. The standard InChI is InChI=1S/C23H30N4O3S/c1-18(28)27-11-3-4-20-16-22(9-10-23(20)27)31(29,30)24-17-19-5-7-21(8-6-19)26-14-12-25(2)13-15-26/h5-10,16,24H,3-4,11-15,17H2,1-2H3. The van der Waals surface area contributed by atoms with Gasteiger partial charge in [0.15, 0.2) is 0 Å². The molecule has 166 valence electrons. The predicted molar refractivity (Wildman–Crippen MR) is 123 cm³/mol. The number of piperazine rings is 1. The van der Waals surface area contributed by atoms with Gasteiger partial charge in [-0.2, -0.15) is 0 Å². The lowest BCUT2D eigenvalue weighted by Crippen LogP contribution is -2.44. The highest BCUT2D eigenvalue weighted by Gasteiger charge is 2.23. The van der Waals surface area contributed by atoms with Gasteiger partial charge in [-0.05, 0) is 61.3 Å². The molecule has 0 atom stereocenters. The fraction of sp³-hybridized carbons (Fsp3) is 0.435. The first-order valence-electron chi connectivity index (χ1n) is 10.8. The molecule has 0 spiro atoms. The Labute approximate surface area is 184 Å². The van der Waals surface area contributed by atoms with Crippen molar-refractivity contribution < 1.29 is 13.2 Å². The maximum Gasteiger partial charge on any atom is 0.240 e. The summed E-state index contributed by atoms with van der Waals surface area (Å²) in [6.45, 7) is 6.55. The SMILES string of the molecule is CC(=O)N1CCCc2cc(S(=O)(=O)NCc3ccc(N4CCN(C)CC4)cc3)ccc21. The van der Waals surface area contributed by atoms with Crippen molar-refractivity contribution in [1.29, 1.82) is 0 Å². The van der Waals surface area contributed by atoms with Gasteiger partial charge in [-0.25, -0.2) is 13.1 Å². The van der Waals surface area contributed by atoms with E-state index in [9.17, 15) is 13.2 Å². The van der Waals surface area contributed by atoms with E-state index in [0.717, 1.165) is 55.8 Å². The second-order valence-electron chi connectivity index (χ2n) is 8.35. The van der Waals surface area contributed by atoms with Crippen LogP contribution in [0, 0.1) is 0 Å². The Morgan fingerprint density at radius 2 is 1.71 bits per heavy atom. The summed E-state index contributed by atoms with van der Waals surface area (Å²) in [7, 11) is -1.50. The van der Waals surface area contributed by atoms with Gasteiger partial charge in [0, 0.05) is 57.6 Å². The number of carbonyl (C=O) groups excluding carboxylic acids is 1. The molecule has 1 fully saturated rings. The smallest absolute Gasteiger partial charge is 0.240 e. The molecule has 1 N–H and O–H groups in total. The number of rotatable bonds is 5. The molecule has 2 aliphatic heterocycles. The lowest BCUT2D eigenvalue weighted by molar-refractivity contribution is -0.116. The number of carbonyl (C=O) groups is 1. The molecule has 0 bridgehead atoms. The van der Waals surface area contributed by atoms with E-state index in [4.69, 9.17) is 0 Å². The van der Waals surface area contributed by atoms with Crippen LogP contribution in [0.25, 0.3) is 0 Å². The van der Waals surface area contributed by atoms with E-state index in [1.807, 2.05) is 12.1 Å². The molecule has 0 radical (unpaired) electrons. The first kappa shape index (κ1) is 21.8. The van der Waals surface area contributed by atoms with Crippen molar-refractivity contribution in [2.24, 2.45) is 0 Å². The highest BCUT2D eigenvalue weighted by Crippen LogP contribution is 2.29. The van der Waals surface area contributed by atoms with E-state index in [1.165, 1.54) is 12.6 Å². The van der Waals surface area contributed by atoms with E-state index in [2.05, 4.69) is 33.7 Å². The molecule has 2 aromatic carbocycles. The maximum atomic E-state index is 12.8. The van der Waals surface area contributed by atoms with Gasteiger partial charge < -0.3 is 14.7 Å². The van der Waals surface area contributed by atoms with Gasteiger partial charge in [-0.3, -0.25) is 4.79 Å². The van der Waals surface area contributed by atoms with Gasteiger partial charge in [0.2, 0.25) is 15.9 Å². The Morgan fingerprint density at radius 1 is 1.00 bits per heavy atom. The number of amides is 1. The van der Waals surface area contributed by atoms with Crippen molar-refractivity contribution in [3.8, 4) is 0 Å². The Kier molecular flexibility index (Phi) is 6.31. The molecule has 31 heavy (non-hydrogen) atoms. The van der Waals surface area contributed by atoms with Crippen LogP contribution in [0.4, 0.5) is 11.4 Å². The van der Waals surface area contributed by atoms with Crippen molar-refractivity contribution in [2.75, 3.05) is 49.6 Å². The minimum atomic E-state index is -3.64. The van der Waals surface area contributed by atoms with Crippen molar-refractivity contribution in [3.05, 3.63) is 53.6 Å². The molecule has 8 heteroatoms. The monoisotopic (exact) mass is 442 g/mol. The summed E-state index contributed by atoms with van der Waals surface area (Å²) in [6.07, 6.45) is 1.61. The fourth-order valence-electron chi connectivity index (χ4n) is 4.22.